The molecule has 0 bridgehead atoms. The van der Waals surface area contributed by atoms with E-state index in [9.17, 15) is 9.59 Å². The maximum absolute atomic E-state index is 12.6. The summed E-state index contributed by atoms with van der Waals surface area (Å²) in [7, 11) is 1.46. The number of amides is 1. The van der Waals surface area contributed by atoms with Crippen molar-refractivity contribution < 1.29 is 19.1 Å². The molecule has 0 spiro atoms. The number of nitriles is 1. The van der Waals surface area contributed by atoms with Gasteiger partial charge in [0.25, 0.3) is 5.91 Å². The topological polar surface area (TPSA) is 105 Å². The molecule has 8 heteroatoms. The minimum absolute atomic E-state index is 0.0899. The van der Waals surface area contributed by atoms with Crippen LogP contribution in [0, 0.1) is 18.3 Å². The number of benzene rings is 1. The third-order valence-corrected chi connectivity index (χ3v) is 6.34. The third-order valence-electron chi connectivity index (χ3n) is 6.34. The van der Waals surface area contributed by atoms with Gasteiger partial charge < -0.3 is 19.7 Å². The predicted molar refractivity (Wildman–Crippen MR) is 128 cm³/mol. The number of carbonyl (C=O) groups is 2. The van der Waals surface area contributed by atoms with E-state index in [4.69, 9.17) is 14.7 Å². The highest BCUT2D eigenvalue weighted by molar-refractivity contribution is 5.94. The fourth-order valence-corrected chi connectivity index (χ4v) is 4.32. The number of aromatic nitrogens is 1. The molecule has 0 atom stereocenters. The lowest BCUT2D eigenvalue weighted by Crippen LogP contribution is -2.45. The van der Waals surface area contributed by atoms with E-state index in [2.05, 4.69) is 22.1 Å². The highest BCUT2D eigenvalue weighted by Crippen LogP contribution is 2.26. The molecule has 0 radical (unpaired) electrons. The van der Waals surface area contributed by atoms with Crippen molar-refractivity contribution in [2.75, 3.05) is 26.7 Å². The predicted octanol–water partition coefficient (Wildman–Crippen LogP) is 3.40. The molecule has 0 unspecified atom stereocenters. The van der Waals surface area contributed by atoms with E-state index in [1.54, 1.807) is 0 Å². The smallest absolute Gasteiger partial charge is 0.338 e. The zero-order valence-corrected chi connectivity index (χ0v) is 20.3. The van der Waals surface area contributed by atoms with Gasteiger partial charge in [-0.1, -0.05) is 19.9 Å². The van der Waals surface area contributed by atoms with Crippen molar-refractivity contribution in [3.8, 4) is 11.8 Å². The average Bonchev–Trinajstić information content (AvgIpc) is 3.26. The van der Waals surface area contributed by atoms with Gasteiger partial charge in [0.2, 0.25) is 0 Å². The molecule has 1 N–H and O–H groups in total. The van der Waals surface area contributed by atoms with Gasteiger partial charge in [-0.05, 0) is 43.4 Å². The van der Waals surface area contributed by atoms with E-state index >= 15 is 0 Å². The van der Waals surface area contributed by atoms with Crippen LogP contribution in [0.15, 0.2) is 24.4 Å². The first-order chi connectivity index (χ1) is 16.5. The second-order valence-corrected chi connectivity index (χ2v) is 8.17. The molecule has 1 fully saturated rings. The number of hydrogen-bond donors (Lipinski definition) is 1. The number of piperidine rings is 1. The van der Waals surface area contributed by atoms with Gasteiger partial charge in [-0.2, -0.15) is 5.26 Å². The number of carbonyl (C=O) groups excluding carboxylic acids is 2. The molecular formula is C26H32N4O4. The Morgan fingerprint density at radius 2 is 2.06 bits per heavy atom. The maximum atomic E-state index is 12.6. The van der Waals surface area contributed by atoms with Gasteiger partial charge in [0.15, 0.2) is 0 Å². The number of cyclic esters (lactones) is 1. The van der Waals surface area contributed by atoms with Crippen molar-refractivity contribution in [2.24, 2.45) is 0 Å². The van der Waals surface area contributed by atoms with E-state index in [1.807, 2.05) is 32.0 Å². The van der Waals surface area contributed by atoms with Gasteiger partial charge in [-0.3, -0.25) is 4.79 Å². The second-order valence-electron chi connectivity index (χ2n) is 8.17. The summed E-state index contributed by atoms with van der Waals surface area (Å²) < 4.78 is 10.3. The first-order valence-corrected chi connectivity index (χ1v) is 11.8. The Morgan fingerprint density at radius 3 is 2.74 bits per heavy atom. The lowest BCUT2D eigenvalue weighted by atomic mass is 9.96. The van der Waals surface area contributed by atoms with Crippen molar-refractivity contribution in [1.82, 2.24) is 15.2 Å². The number of ether oxygens (including phenoxy) is 2. The van der Waals surface area contributed by atoms with Crippen LogP contribution in [0.1, 0.15) is 69.8 Å². The Bertz CT molecular complexity index is 1080. The lowest BCUT2D eigenvalue weighted by Gasteiger charge is -2.32. The number of nitrogens with zero attached hydrogens (tertiary/aromatic N) is 3. The average molecular weight is 465 g/mol. The fraction of sp³-hybridized carbons (Fsp3) is 0.462. The first-order valence-electron chi connectivity index (χ1n) is 11.8. The Balaban J connectivity index is 0.00000158. The van der Waals surface area contributed by atoms with Crippen LogP contribution in [0.2, 0.25) is 0 Å². The summed E-state index contributed by atoms with van der Waals surface area (Å²) in [5.74, 6) is -0.134. The number of likely N-dealkylation sites (tertiary alicyclic amines) is 1. The molecule has 3 heterocycles. The summed E-state index contributed by atoms with van der Waals surface area (Å²) >= 11 is 0. The number of esters is 1. The van der Waals surface area contributed by atoms with E-state index in [0.29, 0.717) is 23.5 Å². The largest absolute Gasteiger partial charge is 0.495 e. The highest BCUT2D eigenvalue weighted by Gasteiger charge is 2.25. The quantitative estimate of drug-likeness (QED) is 0.653. The zero-order chi connectivity index (χ0) is 24.7. The molecule has 8 nitrogen and oxygen atoms in total. The number of nitrogens with one attached hydrogen (secondary N) is 1. The minimum Gasteiger partial charge on any atom is -0.495 e. The highest BCUT2D eigenvalue weighted by atomic mass is 16.5. The summed E-state index contributed by atoms with van der Waals surface area (Å²) in [6.45, 7) is 9.17. The number of methoxy groups -OCH3 is 1. The third kappa shape index (κ3) is 5.54. The van der Waals surface area contributed by atoms with Crippen LogP contribution in [-0.4, -0.2) is 54.5 Å². The molecule has 180 valence electrons. The van der Waals surface area contributed by atoms with Crippen LogP contribution in [0.4, 0.5) is 0 Å². The lowest BCUT2D eigenvalue weighted by molar-refractivity contribution is 0.0534. The summed E-state index contributed by atoms with van der Waals surface area (Å²) in [6.07, 6.45) is 4.01. The molecule has 2 aromatic rings. The minimum atomic E-state index is -0.253. The van der Waals surface area contributed by atoms with E-state index < -0.39 is 0 Å². The number of pyridine rings is 1. The van der Waals surface area contributed by atoms with Gasteiger partial charge in [0, 0.05) is 43.5 Å². The molecule has 1 aromatic carbocycles. The van der Waals surface area contributed by atoms with Crippen molar-refractivity contribution in [3.63, 3.8) is 0 Å². The Labute approximate surface area is 200 Å². The van der Waals surface area contributed by atoms with Crippen molar-refractivity contribution in [3.05, 3.63) is 57.9 Å². The SMILES string of the molecule is CC.COc1cc(C(=O)NC2CCN(CCc3ccc4c(c3C)COC4=O)CC2)ncc1C#N. The summed E-state index contributed by atoms with van der Waals surface area (Å²) in [6, 6.07) is 7.49. The fourth-order valence-electron chi connectivity index (χ4n) is 4.32. The standard InChI is InChI=1S/C24H26N4O4.C2H6/c1-15-16(3-4-19-20(15)14-32-24(19)30)5-8-28-9-6-18(7-10-28)27-23(29)21-11-22(31-2)17(12-25)13-26-21;1-2/h3-4,11,13,18H,5-10,14H2,1-2H3,(H,27,29);1-2H3. The van der Waals surface area contributed by atoms with Crippen LogP contribution in [0.25, 0.3) is 0 Å². The van der Waals surface area contributed by atoms with Crippen LogP contribution in [0.5, 0.6) is 5.75 Å². The maximum Gasteiger partial charge on any atom is 0.338 e. The molecule has 1 aromatic heterocycles. The van der Waals surface area contributed by atoms with Crippen LogP contribution >= 0.6 is 0 Å². The molecule has 2 aliphatic heterocycles. The van der Waals surface area contributed by atoms with Gasteiger partial charge in [0.1, 0.15) is 29.7 Å². The normalized spacial score (nSPS) is 15.4. The summed E-state index contributed by atoms with van der Waals surface area (Å²) in [5.41, 5.74) is 4.66. The summed E-state index contributed by atoms with van der Waals surface area (Å²) in [4.78, 5) is 30.8. The van der Waals surface area contributed by atoms with Crippen LogP contribution in [0.3, 0.4) is 0 Å². The second kappa shape index (κ2) is 11.6. The molecular weight excluding hydrogens is 432 g/mol. The van der Waals surface area contributed by atoms with Crippen LogP contribution in [-0.2, 0) is 17.8 Å². The number of hydrogen-bond acceptors (Lipinski definition) is 7. The molecule has 2 aliphatic rings. The molecule has 1 saturated heterocycles. The van der Waals surface area contributed by atoms with Gasteiger partial charge >= 0.3 is 5.97 Å². The van der Waals surface area contributed by atoms with Crippen molar-refractivity contribution in [2.45, 2.75) is 52.7 Å². The molecule has 1 amide bonds. The van der Waals surface area contributed by atoms with Gasteiger partial charge in [-0.15, -0.1) is 0 Å². The zero-order valence-electron chi connectivity index (χ0n) is 20.3. The molecule has 4 rings (SSSR count). The number of fused-ring (bicyclic) bond motifs is 1. The number of rotatable bonds is 6. The van der Waals surface area contributed by atoms with E-state index in [-0.39, 0.29) is 23.6 Å². The Kier molecular flexibility index (Phi) is 8.61. The summed E-state index contributed by atoms with van der Waals surface area (Å²) in [5, 5.41) is 12.1. The first kappa shape index (κ1) is 25.2. The van der Waals surface area contributed by atoms with Gasteiger partial charge in [0.05, 0.1) is 12.7 Å². The van der Waals surface area contributed by atoms with E-state index in [0.717, 1.165) is 50.0 Å². The van der Waals surface area contributed by atoms with E-state index in [1.165, 1.54) is 24.9 Å². The van der Waals surface area contributed by atoms with Gasteiger partial charge in [-0.25, -0.2) is 9.78 Å². The van der Waals surface area contributed by atoms with Crippen molar-refractivity contribution >= 4 is 11.9 Å². The monoisotopic (exact) mass is 464 g/mol. The molecule has 0 saturated carbocycles. The molecule has 0 aliphatic carbocycles. The Morgan fingerprint density at radius 1 is 1.32 bits per heavy atom. The molecule has 34 heavy (non-hydrogen) atoms. The van der Waals surface area contributed by atoms with Crippen molar-refractivity contribution in [1.29, 1.82) is 5.26 Å². The van der Waals surface area contributed by atoms with Crippen LogP contribution < -0.4 is 10.1 Å². The Hall–Kier alpha value is -3.44.